The molecule has 0 N–H and O–H groups in total. The summed E-state index contributed by atoms with van der Waals surface area (Å²) in [4.78, 5) is 6.13. The fourth-order valence-electron chi connectivity index (χ4n) is 5.63. The van der Waals surface area contributed by atoms with Gasteiger partial charge < -0.3 is 0 Å². The molecule has 1 nitrogen and oxygen atoms in total. The van der Waals surface area contributed by atoms with Gasteiger partial charge in [0.05, 0.1) is 23.9 Å². The van der Waals surface area contributed by atoms with Crippen LogP contribution >= 0.6 is 11.3 Å². The van der Waals surface area contributed by atoms with Gasteiger partial charge in [-0.05, 0) is 68.1 Å². The molecule has 0 atom stereocenters. The molecule has 0 bridgehead atoms. The van der Waals surface area contributed by atoms with Crippen molar-refractivity contribution in [3.8, 4) is 21.7 Å². The highest BCUT2D eigenvalue weighted by molar-refractivity contribution is 7.25. The van der Waals surface area contributed by atoms with Gasteiger partial charge >= 0.3 is 6.18 Å². The molecule has 0 saturated heterocycles. The zero-order valence-corrected chi connectivity index (χ0v) is 26.9. The van der Waals surface area contributed by atoms with E-state index in [1.165, 1.54) is 45.6 Å². The first kappa shape index (κ1) is 29.5. The van der Waals surface area contributed by atoms with E-state index in [2.05, 4.69) is 82.9 Å². The van der Waals surface area contributed by atoms with Gasteiger partial charge in [-0.25, -0.2) is 0 Å². The number of hydrogen-bond donors (Lipinski definition) is 0. The maximum absolute atomic E-state index is 13.5. The highest BCUT2D eigenvalue weighted by atomic mass is 32.1. The van der Waals surface area contributed by atoms with Crippen molar-refractivity contribution in [3.05, 3.63) is 84.1 Å². The molecule has 6 heteroatoms. The van der Waals surface area contributed by atoms with Crippen LogP contribution in [0.4, 0.5) is 13.2 Å². The molecule has 0 aliphatic heterocycles. The van der Waals surface area contributed by atoms with Gasteiger partial charge in [-0.2, -0.15) is 13.2 Å². The number of fused-ring (bicyclic) bond motifs is 2. The van der Waals surface area contributed by atoms with Crippen LogP contribution in [0.1, 0.15) is 45.7 Å². The lowest BCUT2D eigenvalue weighted by atomic mass is 9.82. The summed E-state index contributed by atoms with van der Waals surface area (Å²) in [6.45, 7) is 16.3. The lowest BCUT2D eigenvalue weighted by Crippen LogP contribution is -2.38. The average Bonchev–Trinajstić information content (AvgIpc) is 3.27. The summed E-state index contributed by atoms with van der Waals surface area (Å²) in [5, 5.41) is 5.08. The molecule has 0 unspecified atom stereocenters. The van der Waals surface area contributed by atoms with Crippen LogP contribution in [-0.4, -0.2) is 19.2 Å². The Morgan fingerprint density at radius 1 is 0.780 bits per heavy atom. The van der Waals surface area contributed by atoms with Crippen LogP contribution in [-0.2, 0) is 11.8 Å². The maximum Gasteiger partial charge on any atom is 0.394 e. The molecular weight excluding hydrogens is 552 g/mol. The van der Waals surface area contributed by atoms with Gasteiger partial charge in [0.2, 0.25) is 0 Å². The Kier molecular flexibility index (Phi) is 7.27. The number of aromatic nitrogens is 1. The summed E-state index contributed by atoms with van der Waals surface area (Å²) in [5.41, 5.74) is 3.33. The topological polar surface area (TPSA) is 12.9 Å². The lowest BCUT2D eigenvalue weighted by molar-refractivity contribution is -0.211. The highest BCUT2D eigenvalue weighted by Crippen LogP contribution is 2.43. The Labute approximate surface area is 246 Å². The summed E-state index contributed by atoms with van der Waals surface area (Å²) < 4.78 is 41.7. The molecule has 0 aliphatic rings. The molecule has 5 rings (SSSR count). The summed E-state index contributed by atoms with van der Waals surface area (Å²) in [7, 11) is -1.82. The molecule has 41 heavy (non-hydrogen) atoms. The van der Waals surface area contributed by atoms with Crippen LogP contribution in [0, 0.1) is 5.41 Å². The standard InChI is InChI=1S/C35H38F3NSSi/c1-33(2,3)28-20-25(19-24-11-9-10-12-26(24)28)29-31-27(17-18-39-29)32(41(6,7)8)30(40-31)23-15-13-22(14-16-23)21-34(4,5)35(36,37)38/h9-20H,21H2,1-8H3. The largest absolute Gasteiger partial charge is 0.394 e. The molecule has 2 heterocycles. The second-order valence-corrected chi connectivity index (χ2v) is 19.9. The molecule has 3 aromatic carbocycles. The van der Waals surface area contributed by atoms with Crippen molar-refractivity contribution in [3.63, 3.8) is 0 Å². The Balaban J connectivity index is 1.68. The van der Waals surface area contributed by atoms with Crippen molar-refractivity contribution >= 4 is 45.5 Å². The monoisotopic (exact) mass is 589 g/mol. The number of halogens is 3. The van der Waals surface area contributed by atoms with Crippen LogP contribution in [0.3, 0.4) is 0 Å². The Hall–Kier alpha value is -2.96. The van der Waals surface area contributed by atoms with E-state index in [1.54, 1.807) is 11.3 Å². The van der Waals surface area contributed by atoms with E-state index >= 15 is 0 Å². The van der Waals surface area contributed by atoms with Gasteiger partial charge in [-0.1, -0.05) is 103 Å². The van der Waals surface area contributed by atoms with Crippen LogP contribution < -0.4 is 5.19 Å². The van der Waals surface area contributed by atoms with Gasteiger partial charge in [-0.15, -0.1) is 11.3 Å². The maximum atomic E-state index is 13.5. The van der Waals surface area contributed by atoms with Crippen LogP contribution in [0.5, 0.6) is 0 Å². The third-order valence-corrected chi connectivity index (χ3v) is 11.4. The molecule has 0 amide bonds. The smallest absolute Gasteiger partial charge is 0.255 e. The van der Waals surface area contributed by atoms with Gasteiger partial charge in [-0.3, -0.25) is 4.98 Å². The Morgan fingerprint density at radius 3 is 2.05 bits per heavy atom. The molecule has 0 radical (unpaired) electrons. The molecular formula is C35H38F3NSSi. The first-order chi connectivity index (χ1) is 19.0. The Bertz CT molecular complexity index is 1730. The molecule has 5 aromatic rings. The van der Waals surface area contributed by atoms with Crippen molar-refractivity contribution in [2.45, 2.75) is 72.3 Å². The summed E-state index contributed by atoms with van der Waals surface area (Å²) in [6.07, 6.45) is -2.37. The first-order valence-electron chi connectivity index (χ1n) is 14.1. The van der Waals surface area contributed by atoms with E-state index in [4.69, 9.17) is 4.98 Å². The number of benzene rings is 3. The number of thiophene rings is 1. The van der Waals surface area contributed by atoms with Crippen LogP contribution in [0.15, 0.2) is 72.9 Å². The molecule has 0 fully saturated rings. The number of rotatable bonds is 5. The zero-order chi connectivity index (χ0) is 30.0. The van der Waals surface area contributed by atoms with E-state index < -0.39 is 19.7 Å². The third-order valence-electron chi connectivity index (χ3n) is 7.93. The molecule has 2 aromatic heterocycles. The number of pyridine rings is 1. The molecule has 0 aliphatic carbocycles. The minimum atomic E-state index is -4.25. The lowest BCUT2D eigenvalue weighted by Gasteiger charge is -2.27. The van der Waals surface area contributed by atoms with Crippen molar-refractivity contribution in [1.82, 2.24) is 4.98 Å². The minimum absolute atomic E-state index is 0.0317. The normalized spacial score (nSPS) is 13.3. The van der Waals surface area contributed by atoms with E-state index in [-0.39, 0.29) is 11.8 Å². The van der Waals surface area contributed by atoms with Crippen molar-refractivity contribution in [1.29, 1.82) is 0 Å². The zero-order valence-electron chi connectivity index (χ0n) is 25.1. The van der Waals surface area contributed by atoms with Crippen LogP contribution in [0.2, 0.25) is 19.6 Å². The van der Waals surface area contributed by atoms with Gasteiger partial charge in [0.1, 0.15) is 0 Å². The molecule has 0 spiro atoms. The van der Waals surface area contributed by atoms with Gasteiger partial charge in [0, 0.05) is 16.6 Å². The van der Waals surface area contributed by atoms with E-state index in [0.29, 0.717) is 5.56 Å². The fraction of sp³-hybridized carbons (Fsp3) is 0.343. The predicted molar refractivity (Wildman–Crippen MR) is 173 cm³/mol. The highest BCUT2D eigenvalue weighted by Gasteiger charge is 2.47. The van der Waals surface area contributed by atoms with E-state index in [9.17, 15) is 13.2 Å². The summed E-state index contributed by atoms with van der Waals surface area (Å²) in [5.74, 6) is 0. The van der Waals surface area contributed by atoms with Crippen LogP contribution in [0.25, 0.3) is 42.6 Å². The Morgan fingerprint density at radius 2 is 1.44 bits per heavy atom. The van der Waals surface area contributed by atoms with Crippen molar-refractivity contribution < 1.29 is 13.2 Å². The SMILES string of the molecule is CC(C)(C)c1cc(-c2nccc3c([Si](C)(C)C)c(-c4ccc(CC(C)(C)C(F)(F)F)cc4)sc23)cc2ccccc12. The van der Waals surface area contributed by atoms with Crippen molar-refractivity contribution in [2.75, 3.05) is 0 Å². The van der Waals surface area contributed by atoms with E-state index in [0.717, 1.165) is 21.5 Å². The van der Waals surface area contributed by atoms with Gasteiger partial charge in [0.15, 0.2) is 0 Å². The van der Waals surface area contributed by atoms with Crippen molar-refractivity contribution in [2.24, 2.45) is 5.41 Å². The second kappa shape index (κ2) is 10.1. The first-order valence-corrected chi connectivity index (χ1v) is 18.4. The third kappa shape index (κ3) is 5.61. The predicted octanol–water partition coefficient (Wildman–Crippen LogP) is 10.8. The second-order valence-electron chi connectivity index (χ2n) is 13.8. The molecule has 214 valence electrons. The summed E-state index contributed by atoms with van der Waals surface area (Å²) in [6, 6.07) is 22.9. The minimum Gasteiger partial charge on any atom is -0.255 e. The van der Waals surface area contributed by atoms with E-state index in [1.807, 2.05) is 30.5 Å². The number of hydrogen-bond acceptors (Lipinski definition) is 2. The fourth-order valence-corrected chi connectivity index (χ4v) is 9.85. The molecule has 0 saturated carbocycles. The van der Waals surface area contributed by atoms with Gasteiger partial charge in [0.25, 0.3) is 0 Å². The quantitative estimate of drug-likeness (QED) is 0.186. The summed E-state index contributed by atoms with van der Waals surface area (Å²) >= 11 is 1.76. The number of nitrogens with zero attached hydrogens (tertiary/aromatic N) is 1. The average molecular weight is 590 g/mol. The number of alkyl halides is 3.